The molecule has 1 aromatic carbocycles. The van der Waals surface area contributed by atoms with Crippen LogP contribution in [0.4, 0.5) is 17.3 Å². The Morgan fingerprint density at radius 2 is 1.89 bits per heavy atom. The first kappa shape index (κ1) is 19.8. The number of ether oxygens (including phenoxy) is 2. The summed E-state index contributed by atoms with van der Waals surface area (Å²) in [7, 11) is 3.09. The highest BCUT2D eigenvalue weighted by Crippen LogP contribution is 2.28. The van der Waals surface area contributed by atoms with Crippen LogP contribution < -0.4 is 20.9 Å². The third-order valence-corrected chi connectivity index (χ3v) is 3.47. The number of nitrogens with one attached hydrogen (secondary N) is 3. The van der Waals surface area contributed by atoms with E-state index in [1.54, 1.807) is 31.4 Å². The lowest BCUT2D eigenvalue weighted by atomic mass is 10.2. The third-order valence-electron chi connectivity index (χ3n) is 3.47. The minimum atomic E-state index is -0.624. The van der Waals surface area contributed by atoms with Crippen molar-refractivity contribution in [2.45, 2.75) is 6.42 Å². The Kier molecular flexibility index (Phi) is 7.26. The molecule has 0 saturated carbocycles. The Labute approximate surface area is 155 Å². The van der Waals surface area contributed by atoms with E-state index in [4.69, 9.17) is 9.47 Å². The number of hydrazine groups is 1. The van der Waals surface area contributed by atoms with Crippen molar-refractivity contribution >= 4 is 23.2 Å². The first-order valence-electron chi connectivity index (χ1n) is 7.99. The number of nitro groups is 1. The van der Waals surface area contributed by atoms with Gasteiger partial charge in [-0.2, -0.15) is 0 Å². The number of amides is 1. The third kappa shape index (κ3) is 5.51. The van der Waals surface area contributed by atoms with Gasteiger partial charge in [-0.05, 0) is 30.7 Å². The molecule has 2 aromatic rings. The Morgan fingerprint density at radius 1 is 1.19 bits per heavy atom. The standard InChI is InChI=1S/C16H20N6O5/c1-26-9-3-8-17-14-13(22(24)25)15(19-10-18-14)20-21-16(23)11-4-6-12(27-2)7-5-11/h4-7,10H,3,8-9H2,1-2H3,(H,21,23)(H2,17,18,19,20). The van der Waals surface area contributed by atoms with Crippen LogP contribution in [-0.4, -0.2) is 48.2 Å². The summed E-state index contributed by atoms with van der Waals surface area (Å²) in [6.07, 6.45) is 1.81. The van der Waals surface area contributed by atoms with Gasteiger partial charge < -0.3 is 14.8 Å². The molecule has 27 heavy (non-hydrogen) atoms. The van der Waals surface area contributed by atoms with Crippen LogP contribution in [0.2, 0.25) is 0 Å². The second-order valence-electron chi connectivity index (χ2n) is 5.26. The molecule has 11 nitrogen and oxygen atoms in total. The summed E-state index contributed by atoms with van der Waals surface area (Å²) in [4.78, 5) is 30.7. The van der Waals surface area contributed by atoms with E-state index in [0.717, 1.165) is 6.33 Å². The van der Waals surface area contributed by atoms with Gasteiger partial charge in [-0.3, -0.25) is 25.8 Å². The molecule has 11 heteroatoms. The van der Waals surface area contributed by atoms with Crippen LogP contribution >= 0.6 is 0 Å². The van der Waals surface area contributed by atoms with Gasteiger partial charge in [-0.25, -0.2) is 9.97 Å². The number of hydrogen-bond acceptors (Lipinski definition) is 9. The van der Waals surface area contributed by atoms with Gasteiger partial charge in [0.15, 0.2) is 0 Å². The van der Waals surface area contributed by atoms with Crippen molar-refractivity contribution < 1.29 is 19.2 Å². The number of aromatic nitrogens is 2. The molecule has 0 aliphatic carbocycles. The lowest BCUT2D eigenvalue weighted by molar-refractivity contribution is -0.383. The maximum atomic E-state index is 12.2. The fourth-order valence-corrected chi connectivity index (χ4v) is 2.13. The molecule has 144 valence electrons. The Bertz CT molecular complexity index is 783. The van der Waals surface area contributed by atoms with Crippen molar-refractivity contribution in [3.8, 4) is 5.75 Å². The van der Waals surface area contributed by atoms with Crippen molar-refractivity contribution in [2.75, 3.05) is 38.1 Å². The summed E-state index contributed by atoms with van der Waals surface area (Å²) >= 11 is 0. The zero-order valence-corrected chi connectivity index (χ0v) is 14.9. The van der Waals surface area contributed by atoms with Crippen LogP contribution in [0.15, 0.2) is 30.6 Å². The number of benzene rings is 1. The summed E-state index contributed by atoms with van der Waals surface area (Å²) in [5.41, 5.74) is 4.83. The molecule has 0 saturated heterocycles. The van der Waals surface area contributed by atoms with Gasteiger partial charge in [-0.15, -0.1) is 0 Å². The Hall–Kier alpha value is -3.47. The number of nitrogens with zero attached hydrogens (tertiary/aromatic N) is 3. The summed E-state index contributed by atoms with van der Waals surface area (Å²) < 4.78 is 9.96. The van der Waals surface area contributed by atoms with E-state index in [9.17, 15) is 14.9 Å². The van der Waals surface area contributed by atoms with Gasteiger partial charge >= 0.3 is 5.69 Å². The van der Waals surface area contributed by atoms with E-state index >= 15 is 0 Å². The minimum Gasteiger partial charge on any atom is -0.497 e. The fourth-order valence-electron chi connectivity index (χ4n) is 2.13. The van der Waals surface area contributed by atoms with E-state index in [0.29, 0.717) is 30.9 Å². The highest BCUT2D eigenvalue weighted by Gasteiger charge is 2.23. The van der Waals surface area contributed by atoms with Gasteiger partial charge in [0.2, 0.25) is 11.6 Å². The molecular formula is C16H20N6O5. The first-order valence-corrected chi connectivity index (χ1v) is 7.99. The summed E-state index contributed by atoms with van der Waals surface area (Å²) in [6, 6.07) is 6.38. The predicted molar refractivity (Wildman–Crippen MR) is 97.8 cm³/mol. The monoisotopic (exact) mass is 376 g/mol. The molecule has 0 fully saturated rings. The van der Waals surface area contributed by atoms with Gasteiger partial charge in [0, 0.05) is 25.8 Å². The fraction of sp³-hybridized carbons (Fsp3) is 0.312. The smallest absolute Gasteiger partial charge is 0.354 e. The molecule has 0 aliphatic rings. The maximum Gasteiger partial charge on any atom is 0.354 e. The molecular weight excluding hydrogens is 356 g/mol. The van der Waals surface area contributed by atoms with Gasteiger partial charge in [0.1, 0.15) is 12.1 Å². The van der Waals surface area contributed by atoms with Gasteiger partial charge in [0.25, 0.3) is 5.91 Å². The summed E-state index contributed by atoms with van der Waals surface area (Å²) in [5, 5.41) is 14.3. The normalized spacial score (nSPS) is 10.1. The second-order valence-corrected chi connectivity index (χ2v) is 5.26. The molecule has 0 unspecified atom stereocenters. The van der Waals surface area contributed by atoms with Crippen LogP contribution in [0, 0.1) is 10.1 Å². The number of rotatable bonds is 10. The van der Waals surface area contributed by atoms with Crippen LogP contribution in [0.25, 0.3) is 0 Å². The molecule has 0 aliphatic heterocycles. The van der Waals surface area contributed by atoms with E-state index in [1.807, 2.05) is 0 Å². The SMILES string of the molecule is COCCCNc1ncnc(NNC(=O)c2ccc(OC)cc2)c1[N+](=O)[O-]. The zero-order chi connectivity index (χ0) is 19.6. The van der Waals surface area contributed by atoms with Crippen LogP contribution in [-0.2, 0) is 4.74 Å². The number of carbonyl (C=O) groups excluding carboxylic acids is 1. The molecule has 1 heterocycles. The molecule has 0 radical (unpaired) electrons. The first-order chi connectivity index (χ1) is 13.1. The van der Waals surface area contributed by atoms with Gasteiger partial charge in [-0.1, -0.05) is 0 Å². The molecule has 0 bridgehead atoms. The van der Waals surface area contributed by atoms with E-state index < -0.39 is 10.8 Å². The highest BCUT2D eigenvalue weighted by molar-refractivity contribution is 5.95. The van der Waals surface area contributed by atoms with E-state index in [-0.39, 0.29) is 17.3 Å². The van der Waals surface area contributed by atoms with Crippen LogP contribution in [0.3, 0.4) is 0 Å². The van der Waals surface area contributed by atoms with E-state index in [2.05, 4.69) is 26.1 Å². The van der Waals surface area contributed by atoms with Crippen molar-refractivity contribution in [3.63, 3.8) is 0 Å². The Morgan fingerprint density at radius 3 is 2.52 bits per heavy atom. The lowest BCUT2D eigenvalue weighted by Crippen LogP contribution is -2.30. The van der Waals surface area contributed by atoms with Crippen molar-refractivity contribution in [3.05, 3.63) is 46.3 Å². The van der Waals surface area contributed by atoms with E-state index in [1.165, 1.54) is 7.11 Å². The van der Waals surface area contributed by atoms with Gasteiger partial charge in [0.05, 0.1) is 12.0 Å². The molecule has 2 rings (SSSR count). The van der Waals surface area contributed by atoms with Crippen molar-refractivity contribution in [1.82, 2.24) is 15.4 Å². The zero-order valence-electron chi connectivity index (χ0n) is 14.9. The number of carbonyl (C=O) groups is 1. The predicted octanol–water partition coefficient (Wildman–Crippen LogP) is 1.60. The summed E-state index contributed by atoms with van der Waals surface area (Å²) in [5.74, 6) is 0.0358. The summed E-state index contributed by atoms with van der Waals surface area (Å²) in [6.45, 7) is 0.943. The highest BCUT2D eigenvalue weighted by atomic mass is 16.6. The topological polar surface area (TPSA) is 141 Å². The molecule has 3 N–H and O–H groups in total. The van der Waals surface area contributed by atoms with Crippen LogP contribution in [0.1, 0.15) is 16.8 Å². The number of hydrogen-bond donors (Lipinski definition) is 3. The number of methoxy groups -OCH3 is 2. The lowest BCUT2D eigenvalue weighted by Gasteiger charge is -2.11. The molecule has 1 aromatic heterocycles. The average molecular weight is 376 g/mol. The quantitative estimate of drug-likeness (QED) is 0.320. The Balaban J connectivity index is 2.07. The van der Waals surface area contributed by atoms with Crippen molar-refractivity contribution in [1.29, 1.82) is 0 Å². The molecule has 0 spiro atoms. The largest absolute Gasteiger partial charge is 0.497 e. The molecule has 1 amide bonds. The second kappa shape index (κ2) is 9.87. The van der Waals surface area contributed by atoms with Crippen LogP contribution in [0.5, 0.6) is 5.75 Å². The maximum absolute atomic E-state index is 12.2. The number of anilines is 2. The average Bonchev–Trinajstić information content (AvgIpc) is 2.69. The molecule has 0 atom stereocenters. The minimum absolute atomic E-state index is 0.0484. The van der Waals surface area contributed by atoms with Crippen molar-refractivity contribution in [2.24, 2.45) is 0 Å².